The van der Waals surface area contributed by atoms with Gasteiger partial charge >= 0.3 is 30.2 Å². The Kier molecular flexibility index (Phi) is 4.29. The van der Waals surface area contributed by atoms with Gasteiger partial charge in [0.15, 0.2) is 6.61 Å². The molecule has 1 aliphatic rings. The molecule has 1 unspecified atom stereocenters. The molecule has 4 nitrogen and oxygen atoms in total. The Hall–Kier alpha value is -1.77. The maximum absolute atomic E-state index is 13.2. The number of alkyl halides is 8. The SMILES string of the molecule is O=C1OCC(OCC#CC(F)(F)F)(C(F)(F)C(F)(F)F)O1. The van der Waals surface area contributed by atoms with Gasteiger partial charge in [0.1, 0.15) is 6.61 Å². The monoisotopic (exact) mass is 328 g/mol. The van der Waals surface area contributed by atoms with Crippen LogP contribution in [0.4, 0.5) is 39.9 Å². The molecule has 1 saturated heterocycles. The Morgan fingerprint density at radius 1 is 1.14 bits per heavy atom. The number of halogens is 8. The lowest BCUT2D eigenvalue weighted by Crippen LogP contribution is -2.60. The minimum absolute atomic E-state index is 0.582. The van der Waals surface area contributed by atoms with E-state index < -0.39 is 43.4 Å². The number of carbonyl (C=O) groups excluding carboxylic acids is 1. The average molecular weight is 328 g/mol. The van der Waals surface area contributed by atoms with Crippen molar-refractivity contribution >= 4 is 6.16 Å². The fourth-order valence-corrected chi connectivity index (χ4v) is 1.17. The lowest BCUT2D eigenvalue weighted by molar-refractivity contribution is -0.391. The van der Waals surface area contributed by atoms with E-state index in [1.54, 1.807) is 0 Å². The second-order valence-corrected chi connectivity index (χ2v) is 3.55. The number of carbonyl (C=O) groups is 1. The van der Waals surface area contributed by atoms with Gasteiger partial charge in [-0.15, -0.1) is 0 Å². The summed E-state index contributed by atoms with van der Waals surface area (Å²) in [6.45, 7) is -3.16. The maximum atomic E-state index is 13.2. The largest absolute Gasteiger partial charge is 0.511 e. The van der Waals surface area contributed by atoms with E-state index in [1.807, 2.05) is 0 Å². The summed E-state index contributed by atoms with van der Waals surface area (Å²) in [7, 11) is 0. The topological polar surface area (TPSA) is 44.8 Å². The number of ether oxygens (including phenoxy) is 3. The van der Waals surface area contributed by atoms with Crippen LogP contribution in [-0.2, 0) is 14.2 Å². The molecule has 21 heavy (non-hydrogen) atoms. The standard InChI is InChI=1S/C9H4F8O4/c10-7(11,12)2-1-3-20-6(4-19-5(18)21-6)8(13,14)9(15,16)17/h3-4H2. The first-order valence-electron chi connectivity index (χ1n) is 4.82. The van der Waals surface area contributed by atoms with Gasteiger partial charge in [0.25, 0.3) is 0 Å². The highest BCUT2D eigenvalue weighted by Gasteiger charge is 2.76. The Balaban J connectivity index is 2.96. The number of rotatable bonds is 3. The van der Waals surface area contributed by atoms with Crippen molar-refractivity contribution in [1.29, 1.82) is 0 Å². The van der Waals surface area contributed by atoms with Crippen molar-refractivity contribution in [3.05, 3.63) is 0 Å². The molecule has 0 spiro atoms. The van der Waals surface area contributed by atoms with Crippen LogP contribution in [0.3, 0.4) is 0 Å². The molecule has 1 aliphatic heterocycles. The second-order valence-electron chi connectivity index (χ2n) is 3.55. The van der Waals surface area contributed by atoms with Gasteiger partial charge in [0.05, 0.1) is 0 Å². The second kappa shape index (κ2) is 5.21. The third-order valence-corrected chi connectivity index (χ3v) is 2.07. The molecule has 0 aromatic heterocycles. The first kappa shape index (κ1) is 17.3. The summed E-state index contributed by atoms with van der Waals surface area (Å²) in [5, 5.41) is 0. The Labute approximate surface area is 110 Å². The van der Waals surface area contributed by atoms with Gasteiger partial charge in [-0.2, -0.15) is 35.1 Å². The summed E-state index contributed by atoms with van der Waals surface area (Å²) >= 11 is 0. The van der Waals surface area contributed by atoms with Gasteiger partial charge in [-0.1, -0.05) is 5.92 Å². The molecule has 0 aliphatic carbocycles. The van der Waals surface area contributed by atoms with Crippen LogP contribution in [0.5, 0.6) is 0 Å². The smallest absolute Gasteiger partial charge is 0.427 e. The molecule has 0 aromatic rings. The van der Waals surface area contributed by atoms with Gasteiger partial charge in [-0.25, -0.2) is 4.79 Å². The third-order valence-electron chi connectivity index (χ3n) is 2.07. The summed E-state index contributed by atoms with van der Waals surface area (Å²) < 4.78 is 110. The van der Waals surface area contributed by atoms with E-state index in [-0.39, 0.29) is 0 Å². The zero-order valence-electron chi connectivity index (χ0n) is 9.57. The maximum Gasteiger partial charge on any atom is 0.511 e. The summed E-state index contributed by atoms with van der Waals surface area (Å²) in [5.74, 6) is -7.89. The summed E-state index contributed by atoms with van der Waals surface area (Å²) in [5.41, 5.74) is 0. The molecule has 0 aromatic carbocycles. The molecule has 1 rings (SSSR count). The molecule has 0 amide bonds. The number of cyclic esters (lactones) is 2. The van der Waals surface area contributed by atoms with Crippen molar-refractivity contribution in [2.45, 2.75) is 24.1 Å². The minimum Gasteiger partial charge on any atom is -0.427 e. The predicted octanol–water partition coefficient (Wildman–Crippen LogP) is 2.63. The van der Waals surface area contributed by atoms with Crippen molar-refractivity contribution in [2.24, 2.45) is 0 Å². The normalized spacial score (nSPS) is 23.1. The molecule has 0 radical (unpaired) electrons. The Morgan fingerprint density at radius 3 is 2.10 bits per heavy atom. The van der Waals surface area contributed by atoms with Crippen molar-refractivity contribution in [1.82, 2.24) is 0 Å². The number of hydrogen-bond acceptors (Lipinski definition) is 4. The first-order chi connectivity index (χ1) is 9.31. The highest BCUT2D eigenvalue weighted by Crippen LogP contribution is 2.47. The van der Waals surface area contributed by atoms with Crippen molar-refractivity contribution < 1.29 is 54.1 Å². The van der Waals surface area contributed by atoms with Crippen LogP contribution in [-0.4, -0.2) is 43.4 Å². The van der Waals surface area contributed by atoms with Gasteiger partial charge in [-0.05, 0) is 0 Å². The number of hydrogen-bond donors (Lipinski definition) is 0. The molecule has 1 atom stereocenters. The molecule has 1 heterocycles. The quantitative estimate of drug-likeness (QED) is 0.454. The van der Waals surface area contributed by atoms with E-state index in [2.05, 4.69) is 14.2 Å². The van der Waals surface area contributed by atoms with Crippen LogP contribution in [0.15, 0.2) is 0 Å². The predicted molar refractivity (Wildman–Crippen MR) is 45.9 cm³/mol. The van der Waals surface area contributed by atoms with E-state index in [9.17, 15) is 39.9 Å². The molecule has 120 valence electrons. The van der Waals surface area contributed by atoms with Crippen LogP contribution >= 0.6 is 0 Å². The molecule has 0 N–H and O–H groups in total. The molecular formula is C9H4F8O4. The van der Waals surface area contributed by atoms with Gasteiger partial charge < -0.3 is 14.2 Å². The summed E-state index contributed by atoms with van der Waals surface area (Å²) in [6, 6.07) is 0. The van der Waals surface area contributed by atoms with Crippen LogP contribution < -0.4 is 0 Å². The molecule has 1 fully saturated rings. The molecule has 0 saturated carbocycles. The zero-order chi connectivity index (χ0) is 16.5. The lowest BCUT2D eigenvalue weighted by Gasteiger charge is -2.33. The van der Waals surface area contributed by atoms with E-state index in [0.717, 1.165) is 0 Å². The van der Waals surface area contributed by atoms with Crippen molar-refractivity contribution in [2.75, 3.05) is 13.2 Å². The van der Waals surface area contributed by atoms with Gasteiger partial charge in [-0.3, -0.25) is 0 Å². The van der Waals surface area contributed by atoms with E-state index in [0.29, 0.717) is 5.92 Å². The highest BCUT2D eigenvalue weighted by atomic mass is 19.4. The molecule has 0 bridgehead atoms. The van der Waals surface area contributed by atoms with Crippen LogP contribution in [0.25, 0.3) is 0 Å². The first-order valence-corrected chi connectivity index (χ1v) is 4.82. The zero-order valence-corrected chi connectivity index (χ0v) is 9.57. The fraction of sp³-hybridized carbons (Fsp3) is 0.667. The van der Waals surface area contributed by atoms with Crippen molar-refractivity contribution in [3.8, 4) is 11.8 Å². The average Bonchev–Trinajstić information content (AvgIpc) is 2.65. The third kappa shape index (κ3) is 3.66. The van der Waals surface area contributed by atoms with E-state index >= 15 is 0 Å². The summed E-state index contributed by atoms with van der Waals surface area (Å²) in [6.07, 6.45) is -13.1. The van der Waals surface area contributed by atoms with E-state index in [1.165, 1.54) is 5.92 Å². The van der Waals surface area contributed by atoms with E-state index in [4.69, 9.17) is 0 Å². The molecule has 12 heteroatoms. The lowest BCUT2D eigenvalue weighted by atomic mass is 10.1. The fourth-order valence-electron chi connectivity index (χ4n) is 1.17. The van der Waals surface area contributed by atoms with Crippen molar-refractivity contribution in [3.63, 3.8) is 0 Å². The summed E-state index contributed by atoms with van der Waals surface area (Å²) in [4.78, 5) is 10.6. The van der Waals surface area contributed by atoms with Gasteiger partial charge in [0, 0.05) is 5.92 Å². The minimum atomic E-state index is -6.20. The Morgan fingerprint density at radius 2 is 1.71 bits per heavy atom. The molecular weight excluding hydrogens is 324 g/mol. The Bertz CT molecular complexity index is 471. The highest BCUT2D eigenvalue weighted by molar-refractivity contribution is 5.62. The van der Waals surface area contributed by atoms with Crippen LogP contribution in [0, 0.1) is 11.8 Å². The van der Waals surface area contributed by atoms with Crippen LogP contribution in [0.1, 0.15) is 0 Å². The van der Waals surface area contributed by atoms with Crippen LogP contribution in [0.2, 0.25) is 0 Å². The van der Waals surface area contributed by atoms with Gasteiger partial charge in [0.2, 0.25) is 0 Å².